The van der Waals surface area contributed by atoms with Crippen LogP contribution in [0.1, 0.15) is 10.4 Å². The van der Waals surface area contributed by atoms with Crippen LogP contribution in [-0.2, 0) is 9.47 Å². The van der Waals surface area contributed by atoms with Crippen LogP contribution in [0.15, 0.2) is 18.2 Å². The molecule has 0 radical (unpaired) electrons. The summed E-state index contributed by atoms with van der Waals surface area (Å²) in [5, 5.41) is 12.8. The Kier molecular flexibility index (Phi) is 5.20. The lowest BCUT2D eigenvalue weighted by Gasteiger charge is -2.26. The summed E-state index contributed by atoms with van der Waals surface area (Å²) in [6, 6.07) is 4.65. The maximum Gasteiger partial charge on any atom is 0.338 e. The molecule has 0 unspecified atom stereocenters. The highest BCUT2D eigenvalue weighted by atomic mass is 16.5. The Labute approximate surface area is 118 Å². The van der Waals surface area contributed by atoms with Crippen LogP contribution >= 0.6 is 0 Å². The predicted octanol–water partition coefficient (Wildman–Crippen LogP) is 0.923. The molecule has 1 aliphatic rings. The Hall–Kier alpha value is -1.79. The number of carbonyl (C=O) groups excluding carboxylic acids is 1. The fourth-order valence-electron chi connectivity index (χ4n) is 2.13. The maximum absolute atomic E-state index is 11.5. The molecule has 1 aliphatic heterocycles. The molecule has 1 aromatic rings. The van der Waals surface area contributed by atoms with Gasteiger partial charge in [-0.2, -0.15) is 0 Å². The highest BCUT2D eigenvalue weighted by Crippen LogP contribution is 2.20. The van der Waals surface area contributed by atoms with E-state index in [0.29, 0.717) is 11.3 Å². The number of hydrogen-bond acceptors (Lipinski definition) is 6. The molecule has 110 valence electrons. The number of phenols is 1. The molecule has 1 heterocycles. The monoisotopic (exact) mass is 280 g/mol. The summed E-state index contributed by atoms with van der Waals surface area (Å²) in [5.74, 6) is -0.418. The molecule has 1 fully saturated rings. The molecule has 2 rings (SSSR count). The maximum atomic E-state index is 11.5. The molecule has 0 bridgehead atoms. The first-order valence-corrected chi connectivity index (χ1v) is 6.65. The Balaban J connectivity index is 1.88. The van der Waals surface area contributed by atoms with Crippen molar-refractivity contribution in [2.75, 3.05) is 51.8 Å². The average Bonchev–Trinajstić information content (AvgIpc) is 2.47. The van der Waals surface area contributed by atoms with E-state index < -0.39 is 5.97 Å². The molecule has 6 nitrogen and oxygen atoms in total. The highest BCUT2D eigenvalue weighted by molar-refractivity contribution is 5.91. The lowest BCUT2D eigenvalue weighted by atomic mass is 10.2. The molecule has 6 heteroatoms. The van der Waals surface area contributed by atoms with Gasteiger partial charge in [-0.15, -0.1) is 0 Å². The van der Waals surface area contributed by atoms with Crippen LogP contribution in [0.5, 0.6) is 5.75 Å². The Bertz CT molecular complexity index is 458. The molecule has 0 atom stereocenters. The summed E-state index contributed by atoms with van der Waals surface area (Å²) in [6.07, 6.45) is 0. The van der Waals surface area contributed by atoms with Crippen molar-refractivity contribution >= 4 is 11.7 Å². The summed E-state index contributed by atoms with van der Waals surface area (Å²) in [6.45, 7) is 5.07. The van der Waals surface area contributed by atoms with Crippen molar-refractivity contribution in [1.29, 1.82) is 0 Å². The van der Waals surface area contributed by atoms with E-state index in [1.54, 1.807) is 12.1 Å². The van der Waals surface area contributed by atoms with E-state index in [-0.39, 0.29) is 5.75 Å². The summed E-state index contributed by atoms with van der Waals surface area (Å²) in [5.41, 5.74) is 1.04. The number of aromatic hydroxyl groups is 1. The van der Waals surface area contributed by atoms with Gasteiger partial charge in [0.05, 0.1) is 25.9 Å². The number of hydrogen-bond donors (Lipinski definition) is 2. The minimum Gasteiger partial charge on any atom is -0.508 e. The molecule has 1 aromatic carbocycles. The van der Waals surface area contributed by atoms with Gasteiger partial charge in [0.1, 0.15) is 5.75 Å². The van der Waals surface area contributed by atoms with Crippen LogP contribution in [0.2, 0.25) is 0 Å². The number of rotatable bonds is 5. The van der Waals surface area contributed by atoms with Gasteiger partial charge in [0, 0.05) is 37.9 Å². The third kappa shape index (κ3) is 4.11. The quantitative estimate of drug-likeness (QED) is 0.782. The molecule has 0 spiro atoms. The van der Waals surface area contributed by atoms with Gasteiger partial charge >= 0.3 is 5.97 Å². The van der Waals surface area contributed by atoms with Crippen molar-refractivity contribution in [3.05, 3.63) is 23.8 Å². The van der Waals surface area contributed by atoms with Crippen molar-refractivity contribution in [1.82, 2.24) is 4.90 Å². The number of methoxy groups -OCH3 is 1. The van der Waals surface area contributed by atoms with Gasteiger partial charge in [-0.25, -0.2) is 4.79 Å². The lowest BCUT2D eigenvalue weighted by Crippen LogP contribution is -2.39. The first kappa shape index (κ1) is 14.6. The number of carbonyl (C=O) groups is 1. The second-order valence-electron chi connectivity index (χ2n) is 4.64. The Morgan fingerprint density at radius 1 is 1.40 bits per heavy atom. The minimum atomic E-state index is -0.461. The fourth-order valence-corrected chi connectivity index (χ4v) is 2.13. The lowest BCUT2D eigenvalue weighted by molar-refractivity contribution is 0.0398. The third-order valence-electron chi connectivity index (χ3n) is 3.20. The smallest absolute Gasteiger partial charge is 0.338 e. The zero-order valence-corrected chi connectivity index (χ0v) is 11.6. The molecule has 0 aliphatic carbocycles. The van der Waals surface area contributed by atoms with Crippen molar-refractivity contribution in [2.24, 2.45) is 0 Å². The summed E-state index contributed by atoms with van der Waals surface area (Å²) >= 11 is 0. The molecule has 20 heavy (non-hydrogen) atoms. The largest absolute Gasteiger partial charge is 0.508 e. The first-order valence-electron chi connectivity index (χ1n) is 6.65. The van der Waals surface area contributed by atoms with Crippen LogP contribution in [0.25, 0.3) is 0 Å². The molecule has 0 saturated carbocycles. The van der Waals surface area contributed by atoms with Gasteiger partial charge < -0.3 is 19.9 Å². The van der Waals surface area contributed by atoms with Crippen molar-refractivity contribution < 1.29 is 19.4 Å². The third-order valence-corrected chi connectivity index (χ3v) is 3.20. The van der Waals surface area contributed by atoms with E-state index in [9.17, 15) is 9.90 Å². The van der Waals surface area contributed by atoms with E-state index in [4.69, 9.17) is 4.74 Å². The summed E-state index contributed by atoms with van der Waals surface area (Å²) in [4.78, 5) is 13.8. The topological polar surface area (TPSA) is 71.0 Å². The number of nitrogens with one attached hydrogen (secondary N) is 1. The van der Waals surface area contributed by atoms with Gasteiger partial charge in [-0.3, -0.25) is 4.90 Å². The molecular formula is C14H20N2O4. The summed E-state index contributed by atoms with van der Waals surface area (Å²) in [7, 11) is 1.32. The zero-order chi connectivity index (χ0) is 14.4. The number of ether oxygens (including phenoxy) is 2. The predicted molar refractivity (Wildman–Crippen MR) is 75.2 cm³/mol. The minimum absolute atomic E-state index is 0.0433. The van der Waals surface area contributed by atoms with E-state index in [1.165, 1.54) is 13.2 Å². The van der Waals surface area contributed by atoms with Crippen molar-refractivity contribution in [3.63, 3.8) is 0 Å². The zero-order valence-electron chi connectivity index (χ0n) is 11.6. The van der Waals surface area contributed by atoms with Crippen LogP contribution in [0.3, 0.4) is 0 Å². The van der Waals surface area contributed by atoms with Crippen LogP contribution in [0.4, 0.5) is 5.69 Å². The Morgan fingerprint density at radius 2 is 2.15 bits per heavy atom. The van der Waals surface area contributed by atoms with Crippen molar-refractivity contribution in [2.45, 2.75) is 0 Å². The summed E-state index contributed by atoms with van der Waals surface area (Å²) < 4.78 is 9.93. The van der Waals surface area contributed by atoms with Gasteiger partial charge in [-0.1, -0.05) is 0 Å². The van der Waals surface area contributed by atoms with Gasteiger partial charge in [0.2, 0.25) is 0 Å². The van der Waals surface area contributed by atoms with E-state index >= 15 is 0 Å². The molecule has 0 aromatic heterocycles. The molecular weight excluding hydrogens is 260 g/mol. The number of anilines is 1. The van der Waals surface area contributed by atoms with Gasteiger partial charge in [-0.05, 0) is 12.1 Å². The first-order chi connectivity index (χ1) is 9.69. The van der Waals surface area contributed by atoms with Gasteiger partial charge in [0.25, 0.3) is 0 Å². The SMILES string of the molecule is COC(=O)c1cc(O)cc(NCCN2CCOCC2)c1. The number of nitrogens with zero attached hydrogens (tertiary/aromatic N) is 1. The molecule has 2 N–H and O–H groups in total. The standard InChI is InChI=1S/C14H20N2O4/c1-19-14(18)11-8-12(10-13(17)9-11)15-2-3-16-4-6-20-7-5-16/h8-10,15,17H,2-7H2,1H3. The molecule has 1 saturated heterocycles. The highest BCUT2D eigenvalue weighted by Gasteiger charge is 2.11. The van der Waals surface area contributed by atoms with E-state index in [1.807, 2.05) is 0 Å². The van der Waals surface area contributed by atoms with Crippen LogP contribution in [-0.4, -0.2) is 62.5 Å². The number of phenolic OH excluding ortho intramolecular Hbond substituents is 1. The second kappa shape index (κ2) is 7.12. The normalized spacial score (nSPS) is 15.8. The second-order valence-corrected chi connectivity index (χ2v) is 4.64. The van der Waals surface area contributed by atoms with E-state index in [0.717, 1.165) is 39.4 Å². The molecule has 0 amide bonds. The number of esters is 1. The van der Waals surface area contributed by atoms with Crippen LogP contribution in [0, 0.1) is 0 Å². The average molecular weight is 280 g/mol. The van der Waals surface area contributed by atoms with Gasteiger partial charge in [0.15, 0.2) is 0 Å². The number of morpholine rings is 1. The fraction of sp³-hybridized carbons (Fsp3) is 0.500. The van der Waals surface area contributed by atoms with Crippen LogP contribution < -0.4 is 5.32 Å². The van der Waals surface area contributed by atoms with E-state index in [2.05, 4.69) is 15.0 Å². The van der Waals surface area contributed by atoms with Crippen molar-refractivity contribution in [3.8, 4) is 5.75 Å². The Morgan fingerprint density at radius 3 is 2.85 bits per heavy atom. The number of benzene rings is 1.